The van der Waals surface area contributed by atoms with Crippen LogP contribution in [0.15, 0.2) is 12.3 Å². The van der Waals surface area contributed by atoms with Crippen LogP contribution in [0, 0.1) is 6.92 Å². The second kappa shape index (κ2) is 7.23. The first-order chi connectivity index (χ1) is 9.97. The summed E-state index contributed by atoms with van der Waals surface area (Å²) in [5.74, 6) is 1.13. The zero-order valence-corrected chi connectivity index (χ0v) is 14.2. The molecule has 1 aliphatic rings. The van der Waals surface area contributed by atoms with Crippen molar-refractivity contribution in [1.82, 2.24) is 15.2 Å². The van der Waals surface area contributed by atoms with Gasteiger partial charge in [0.05, 0.1) is 0 Å². The van der Waals surface area contributed by atoms with Gasteiger partial charge in [0.2, 0.25) is 0 Å². The lowest BCUT2D eigenvalue weighted by atomic mass is 10.0. The molecule has 2 heterocycles. The Morgan fingerprint density at radius 2 is 2.24 bits per heavy atom. The molecular weight excluding hydrogens is 260 g/mol. The monoisotopic (exact) mass is 290 g/mol. The Hall–Kier alpha value is -1.13. The summed E-state index contributed by atoms with van der Waals surface area (Å²) in [7, 11) is 4.40. The van der Waals surface area contributed by atoms with Crippen LogP contribution in [0.3, 0.4) is 0 Å². The molecule has 4 heteroatoms. The van der Waals surface area contributed by atoms with Crippen LogP contribution in [-0.4, -0.2) is 49.2 Å². The number of hydrogen-bond donors (Lipinski definition) is 1. The van der Waals surface area contributed by atoms with E-state index in [0.29, 0.717) is 12.1 Å². The Kier molecular flexibility index (Phi) is 5.59. The van der Waals surface area contributed by atoms with Crippen LogP contribution < -0.4 is 10.2 Å². The number of rotatable bonds is 5. The number of nitrogens with one attached hydrogen (secondary N) is 1. The zero-order chi connectivity index (χ0) is 15.4. The van der Waals surface area contributed by atoms with Crippen LogP contribution in [0.2, 0.25) is 0 Å². The molecule has 1 N–H and O–H groups in total. The Bertz CT molecular complexity index is 458. The number of pyridine rings is 1. The highest BCUT2D eigenvalue weighted by Crippen LogP contribution is 2.23. The number of aryl methyl sites for hydroxylation is 1. The normalized spacial score (nSPS) is 20.0. The molecule has 0 aromatic carbocycles. The van der Waals surface area contributed by atoms with Crippen LogP contribution in [0.5, 0.6) is 0 Å². The molecule has 0 bridgehead atoms. The van der Waals surface area contributed by atoms with Gasteiger partial charge < -0.3 is 15.1 Å². The first-order valence-electron chi connectivity index (χ1n) is 8.07. The van der Waals surface area contributed by atoms with Gasteiger partial charge in [-0.1, -0.05) is 13.8 Å². The van der Waals surface area contributed by atoms with E-state index in [4.69, 9.17) is 4.98 Å². The molecule has 0 radical (unpaired) electrons. The average Bonchev–Trinajstić information content (AvgIpc) is 2.44. The molecule has 1 aromatic heterocycles. The fraction of sp³-hybridized carbons (Fsp3) is 0.706. The minimum Gasteiger partial charge on any atom is -0.355 e. The molecule has 0 aliphatic carbocycles. The summed E-state index contributed by atoms with van der Waals surface area (Å²) in [5.41, 5.74) is 2.54. The lowest BCUT2D eigenvalue weighted by Crippen LogP contribution is -2.45. The van der Waals surface area contributed by atoms with Crippen molar-refractivity contribution in [3.63, 3.8) is 0 Å². The summed E-state index contributed by atoms with van der Waals surface area (Å²) in [6, 6.07) is 3.35. The van der Waals surface area contributed by atoms with Gasteiger partial charge in [-0.05, 0) is 50.6 Å². The number of piperidine rings is 1. The average molecular weight is 290 g/mol. The van der Waals surface area contributed by atoms with Gasteiger partial charge in [0.15, 0.2) is 0 Å². The van der Waals surface area contributed by atoms with E-state index >= 15 is 0 Å². The molecular formula is C17H30N4. The highest BCUT2D eigenvalue weighted by Gasteiger charge is 2.22. The molecule has 4 nitrogen and oxygen atoms in total. The van der Waals surface area contributed by atoms with E-state index in [1.807, 2.05) is 6.20 Å². The molecule has 1 unspecified atom stereocenters. The maximum Gasteiger partial charge on any atom is 0.131 e. The van der Waals surface area contributed by atoms with Crippen LogP contribution in [-0.2, 0) is 6.54 Å². The first-order valence-corrected chi connectivity index (χ1v) is 8.07. The third-order valence-corrected chi connectivity index (χ3v) is 4.30. The number of nitrogens with zero attached hydrogens (tertiary/aromatic N) is 3. The Morgan fingerprint density at radius 1 is 1.48 bits per heavy atom. The summed E-state index contributed by atoms with van der Waals surface area (Å²) in [4.78, 5) is 9.51. The predicted molar refractivity (Wildman–Crippen MR) is 89.9 cm³/mol. The van der Waals surface area contributed by atoms with Crippen LogP contribution >= 0.6 is 0 Å². The number of likely N-dealkylation sites (tertiary alicyclic amines) is 1. The van der Waals surface area contributed by atoms with Gasteiger partial charge >= 0.3 is 0 Å². The van der Waals surface area contributed by atoms with E-state index in [0.717, 1.165) is 18.9 Å². The number of anilines is 1. The number of likely N-dealkylation sites (N-methyl/N-ethyl adjacent to an activating group) is 2. The molecule has 1 atom stereocenters. The van der Waals surface area contributed by atoms with Gasteiger partial charge in [-0.15, -0.1) is 0 Å². The molecule has 0 saturated carbocycles. The lowest BCUT2D eigenvalue weighted by Gasteiger charge is -2.37. The van der Waals surface area contributed by atoms with Crippen molar-refractivity contribution >= 4 is 5.82 Å². The van der Waals surface area contributed by atoms with Crippen molar-refractivity contribution in [2.75, 3.05) is 32.1 Å². The quantitative estimate of drug-likeness (QED) is 0.902. The van der Waals surface area contributed by atoms with Gasteiger partial charge in [-0.3, -0.25) is 0 Å². The third-order valence-electron chi connectivity index (χ3n) is 4.30. The molecule has 0 spiro atoms. The van der Waals surface area contributed by atoms with E-state index < -0.39 is 0 Å². The van der Waals surface area contributed by atoms with Gasteiger partial charge in [0.1, 0.15) is 5.82 Å². The molecule has 1 aliphatic heterocycles. The first kappa shape index (κ1) is 16.2. The van der Waals surface area contributed by atoms with Crippen molar-refractivity contribution < 1.29 is 0 Å². The highest BCUT2D eigenvalue weighted by atomic mass is 15.2. The maximum absolute atomic E-state index is 4.72. The fourth-order valence-electron chi connectivity index (χ4n) is 3.04. The van der Waals surface area contributed by atoms with E-state index in [2.05, 4.69) is 56.0 Å². The summed E-state index contributed by atoms with van der Waals surface area (Å²) in [6.07, 6.45) is 4.56. The van der Waals surface area contributed by atoms with E-state index in [-0.39, 0.29) is 0 Å². The maximum atomic E-state index is 4.72. The number of hydrogen-bond acceptors (Lipinski definition) is 4. The summed E-state index contributed by atoms with van der Waals surface area (Å²) in [6.45, 7) is 9.75. The second-order valence-corrected chi connectivity index (χ2v) is 6.69. The van der Waals surface area contributed by atoms with Crippen LogP contribution in [0.4, 0.5) is 5.82 Å². The fourth-order valence-corrected chi connectivity index (χ4v) is 3.04. The second-order valence-electron chi connectivity index (χ2n) is 6.69. The van der Waals surface area contributed by atoms with Crippen molar-refractivity contribution in [1.29, 1.82) is 0 Å². The van der Waals surface area contributed by atoms with Gasteiger partial charge in [0, 0.05) is 38.4 Å². The molecule has 0 amide bonds. The summed E-state index contributed by atoms with van der Waals surface area (Å²) in [5, 5.41) is 3.45. The minimum absolute atomic E-state index is 0.505. The highest BCUT2D eigenvalue weighted by molar-refractivity contribution is 5.47. The summed E-state index contributed by atoms with van der Waals surface area (Å²) >= 11 is 0. The lowest BCUT2D eigenvalue weighted by molar-refractivity contribution is 0.247. The van der Waals surface area contributed by atoms with Crippen LogP contribution in [0.25, 0.3) is 0 Å². The van der Waals surface area contributed by atoms with E-state index in [1.54, 1.807) is 0 Å². The largest absolute Gasteiger partial charge is 0.355 e. The van der Waals surface area contributed by atoms with Crippen molar-refractivity contribution in [3.8, 4) is 0 Å². The SMILES string of the molecule is Cc1cc(CNC(C)C)cnc1N(C)C1CCCN(C)C1. The van der Waals surface area contributed by atoms with Crippen molar-refractivity contribution in [3.05, 3.63) is 23.4 Å². The van der Waals surface area contributed by atoms with E-state index in [9.17, 15) is 0 Å². The zero-order valence-electron chi connectivity index (χ0n) is 14.2. The van der Waals surface area contributed by atoms with Gasteiger partial charge in [-0.2, -0.15) is 0 Å². The minimum atomic E-state index is 0.505. The van der Waals surface area contributed by atoms with E-state index in [1.165, 1.54) is 30.5 Å². The Labute approximate surface area is 129 Å². The van der Waals surface area contributed by atoms with Crippen molar-refractivity contribution in [2.45, 2.75) is 52.2 Å². The standard InChI is InChI=1S/C17H30N4/c1-13(2)18-10-15-9-14(3)17(19-11-15)21(5)16-7-6-8-20(4)12-16/h9,11,13,16,18H,6-8,10,12H2,1-5H3. The Balaban J connectivity index is 2.05. The molecule has 1 fully saturated rings. The molecule has 118 valence electrons. The molecule has 1 aromatic rings. The van der Waals surface area contributed by atoms with Crippen molar-refractivity contribution in [2.24, 2.45) is 0 Å². The molecule has 1 saturated heterocycles. The number of aromatic nitrogens is 1. The Morgan fingerprint density at radius 3 is 2.86 bits per heavy atom. The molecule has 21 heavy (non-hydrogen) atoms. The van der Waals surface area contributed by atoms with Gasteiger partial charge in [-0.25, -0.2) is 4.98 Å². The smallest absolute Gasteiger partial charge is 0.131 e. The topological polar surface area (TPSA) is 31.4 Å². The predicted octanol–water partition coefficient (Wildman–Crippen LogP) is 2.42. The van der Waals surface area contributed by atoms with Crippen LogP contribution in [0.1, 0.15) is 37.8 Å². The molecule has 2 rings (SSSR count). The third kappa shape index (κ3) is 4.42. The summed E-state index contributed by atoms with van der Waals surface area (Å²) < 4.78 is 0. The van der Waals surface area contributed by atoms with Gasteiger partial charge in [0.25, 0.3) is 0 Å².